The van der Waals surface area contributed by atoms with E-state index < -0.39 is 0 Å². The Balaban J connectivity index is 1.48. The summed E-state index contributed by atoms with van der Waals surface area (Å²) >= 11 is 0. The van der Waals surface area contributed by atoms with Crippen LogP contribution in [-0.4, -0.2) is 49.4 Å². The van der Waals surface area contributed by atoms with Gasteiger partial charge in [-0.25, -0.2) is 0 Å². The van der Waals surface area contributed by atoms with E-state index in [-0.39, 0.29) is 11.8 Å². The molecule has 6 heteroatoms. The van der Waals surface area contributed by atoms with Crippen LogP contribution in [0.1, 0.15) is 21.7 Å². The maximum atomic E-state index is 12.3. The Morgan fingerprint density at radius 1 is 1.16 bits per heavy atom. The van der Waals surface area contributed by atoms with Crippen LogP contribution in [0.4, 0.5) is 5.69 Å². The lowest BCUT2D eigenvalue weighted by atomic mass is 10.1. The Bertz CT molecular complexity index is 727. The van der Waals surface area contributed by atoms with Crippen LogP contribution in [0, 0.1) is 13.8 Å². The summed E-state index contributed by atoms with van der Waals surface area (Å²) in [4.78, 5) is 27.5. The van der Waals surface area contributed by atoms with Gasteiger partial charge in [0.1, 0.15) is 0 Å². The number of hydrogen-bond donors (Lipinski definition) is 2. The molecule has 1 saturated heterocycles. The summed E-state index contributed by atoms with van der Waals surface area (Å²) in [6.07, 6.45) is 1.51. The molecule has 1 aromatic heterocycles. The molecule has 6 nitrogen and oxygen atoms in total. The lowest BCUT2D eigenvalue weighted by Gasteiger charge is -2.31. The normalized spacial score (nSPS) is 15.2. The van der Waals surface area contributed by atoms with Gasteiger partial charge in [-0.2, -0.15) is 0 Å². The maximum absolute atomic E-state index is 12.3. The van der Waals surface area contributed by atoms with Crippen molar-refractivity contribution >= 4 is 17.5 Å². The van der Waals surface area contributed by atoms with E-state index >= 15 is 0 Å². The van der Waals surface area contributed by atoms with Gasteiger partial charge in [0.05, 0.1) is 32.4 Å². The van der Waals surface area contributed by atoms with Crippen molar-refractivity contribution in [2.75, 3.05) is 38.0 Å². The van der Waals surface area contributed by atoms with E-state index in [0.29, 0.717) is 25.4 Å². The molecule has 2 heterocycles. The summed E-state index contributed by atoms with van der Waals surface area (Å²) in [5, 5.41) is 2.97. The van der Waals surface area contributed by atoms with Gasteiger partial charge in [-0.15, -0.1) is 0 Å². The quantitative estimate of drug-likeness (QED) is 0.867. The van der Waals surface area contributed by atoms with Crippen molar-refractivity contribution in [3.05, 3.63) is 53.5 Å². The number of nitrogens with zero attached hydrogens (tertiary/aromatic N) is 1. The molecule has 1 aliphatic rings. The van der Waals surface area contributed by atoms with E-state index in [1.165, 1.54) is 11.2 Å². The van der Waals surface area contributed by atoms with Gasteiger partial charge in [-0.3, -0.25) is 9.59 Å². The van der Waals surface area contributed by atoms with E-state index in [2.05, 4.69) is 11.4 Å². The fourth-order valence-electron chi connectivity index (χ4n) is 3.24. The second-order valence-corrected chi connectivity index (χ2v) is 6.62. The summed E-state index contributed by atoms with van der Waals surface area (Å²) < 4.78 is 5.16. The third-order valence-corrected chi connectivity index (χ3v) is 4.41. The summed E-state index contributed by atoms with van der Waals surface area (Å²) in [5.74, 6) is 0.297. The highest BCUT2D eigenvalue weighted by Crippen LogP contribution is 2.13. The first-order valence-electron chi connectivity index (χ1n) is 8.56. The molecule has 2 aromatic rings. The first-order valence-corrected chi connectivity index (χ1v) is 8.56. The van der Waals surface area contributed by atoms with E-state index in [9.17, 15) is 9.59 Å². The number of hydrogen-bond acceptors (Lipinski definition) is 3. The average Bonchev–Trinajstić information content (AvgIpc) is 3.08. The standard InChI is InChI=1S/C19H23N3O3/c1-14-10-15(2)12-16(11-14)20-18(23)13-21-5-7-22(8-6-21)19(24)17-4-3-9-25-17/h3-4,9-12H,5-8,13H2,1-2H3,(H,20,23)/p+1. The molecule has 1 aromatic carbocycles. The average molecular weight is 342 g/mol. The molecule has 132 valence electrons. The van der Waals surface area contributed by atoms with Crippen LogP contribution in [0.25, 0.3) is 0 Å². The number of carbonyl (C=O) groups is 2. The number of nitrogens with one attached hydrogen (secondary N) is 2. The molecule has 1 aliphatic heterocycles. The third kappa shape index (κ3) is 4.48. The van der Waals surface area contributed by atoms with Crippen LogP contribution in [0.2, 0.25) is 0 Å². The fourth-order valence-corrected chi connectivity index (χ4v) is 3.24. The second kappa shape index (κ2) is 7.53. The smallest absolute Gasteiger partial charge is 0.289 e. The SMILES string of the molecule is Cc1cc(C)cc(NC(=O)C[NH+]2CCN(C(=O)c3ccco3)CC2)c1. The van der Waals surface area contributed by atoms with Crippen molar-refractivity contribution in [3.63, 3.8) is 0 Å². The molecule has 0 unspecified atom stereocenters. The third-order valence-electron chi connectivity index (χ3n) is 4.41. The van der Waals surface area contributed by atoms with Gasteiger partial charge in [0.15, 0.2) is 12.3 Å². The number of furan rings is 1. The van der Waals surface area contributed by atoms with Crippen molar-refractivity contribution in [2.45, 2.75) is 13.8 Å². The van der Waals surface area contributed by atoms with Gasteiger partial charge in [0.2, 0.25) is 0 Å². The van der Waals surface area contributed by atoms with E-state index in [1.807, 2.05) is 26.0 Å². The predicted octanol–water partition coefficient (Wildman–Crippen LogP) is 0.876. The summed E-state index contributed by atoms with van der Waals surface area (Å²) in [7, 11) is 0. The van der Waals surface area contributed by atoms with E-state index in [1.54, 1.807) is 17.0 Å². The molecule has 1 fully saturated rings. The van der Waals surface area contributed by atoms with Crippen LogP contribution >= 0.6 is 0 Å². The minimum Gasteiger partial charge on any atom is -0.459 e. The van der Waals surface area contributed by atoms with E-state index in [0.717, 1.165) is 29.9 Å². The number of piperazine rings is 1. The number of quaternary nitrogens is 1. The molecule has 0 atom stereocenters. The first-order chi connectivity index (χ1) is 12.0. The number of amides is 2. The van der Waals surface area contributed by atoms with Gasteiger partial charge < -0.3 is 19.5 Å². The molecule has 0 spiro atoms. The fraction of sp³-hybridized carbons (Fsp3) is 0.368. The van der Waals surface area contributed by atoms with Gasteiger partial charge in [0.25, 0.3) is 11.8 Å². The van der Waals surface area contributed by atoms with Crippen molar-refractivity contribution in [1.29, 1.82) is 0 Å². The minimum atomic E-state index is -0.0799. The highest BCUT2D eigenvalue weighted by Gasteiger charge is 2.27. The molecule has 0 bridgehead atoms. The number of aryl methyl sites for hydroxylation is 2. The van der Waals surface area contributed by atoms with Gasteiger partial charge in [-0.1, -0.05) is 6.07 Å². The Kier molecular flexibility index (Phi) is 5.19. The van der Waals surface area contributed by atoms with Crippen molar-refractivity contribution in [1.82, 2.24) is 4.90 Å². The number of benzene rings is 1. The van der Waals surface area contributed by atoms with Gasteiger partial charge in [-0.05, 0) is 49.2 Å². The van der Waals surface area contributed by atoms with Gasteiger partial charge in [0, 0.05) is 5.69 Å². The molecule has 0 saturated carbocycles. The lowest BCUT2D eigenvalue weighted by Crippen LogP contribution is -3.15. The summed E-state index contributed by atoms with van der Waals surface area (Å²) in [6.45, 7) is 7.22. The second-order valence-electron chi connectivity index (χ2n) is 6.62. The van der Waals surface area contributed by atoms with Crippen molar-refractivity contribution < 1.29 is 18.9 Å². The molecular formula is C19H24N3O3+. The molecule has 3 rings (SSSR count). The topological polar surface area (TPSA) is 67.0 Å². The molecular weight excluding hydrogens is 318 g/mol. The minimum absolute atomic E-state index is 0.00538. The lowest BCUT2D eigenvalue weighted by molar-refractivity contribution is -0.895. The highest BCUT2D eigenvalue weighted by molar-refractivity contribution is 5.92. The maximum Gasteiger partial charge on any atom is 0.289 e. The Morgan fingerprint density at radius 3 is 2.44 bits per heavy atom. The first kappa shape index (κ1) is 17.2. The van der Waals surface area contributed by atoms with Crippen LogP contribution in [0.15, 0.2) is 41.0 Å². The van der Waals surface area contributed by atoms with Crippen LogP contribution < -0.4 is 10.2 Å². The highest BCUT2D eigenvalue weighted by atomic mass is 16.3. The van der Waals surface area contributed by atoms with E-state index in [4.69, 9.17) is 4.42 Å². The monoisotopic (exact) mass is 342 g/mol. The molecule has 0 aliphatic carbocycles. The molecule has 0 radical (unpaired) electrons. The largest absolute Gasteiger partial charge is 0.459 e. The Morgan fingerprint density at radius 2 is 1.84 bits per heavy atom. The molecule has 2 amide bonds. The zero-order valence-electron chi connectivity index (χ0n) is 14.7. The molecule has 25 heavy (non-hydrogen) atoms. The Hall–Kier alpha value is -2.60. The van der Waals surface area contributed by atoms with Gasteiger partial charge >= 0.3 is 0 Å². The van der Waals surface area contributed by atoms with Crippen LogP contribution in [0.5, 0.6) is 0 Å². The number of rotatable bonds is 4. The van der Waals surface area contributed by atoms with Crippen LogP contribution in [-0.2, 0) is 4.79 Å². The van der Waals surface area contributed by atoms with Crippen LogP contribution in [0.3, 0.4) is 0 Å². The predicted molar refractivity (Wildman–Crippen MR) is 94.7 cm³/mol. The zero-order chi connectivity index (χ0) is 17.8. The number of carbonyl (C=O) groups excluding carboxylic acids is 2. The molecule has 2 N–H and O–H groups in total. The summed E-state index contributed by atoms with van der Waals surface area (Å²) in [6, 6.07) is 9.42. The number of anilines is 1. The zero-order valence-corrected chi connectivity index (χ0v) is 14.7. The van der Waals surface area contributed by atoms with Crippen molar-refractivity contribution in [2.24, 2.45) is 0 Å². The summed E-state index contributed by atoms with van der Waals surface area (Å²) in [5.41, 5.74) is 3.11. The van der Waals surface area contributed by atoms with Crippen molar-refractivity contribution in [3.8, 4) is 0 Å². The Labute approximate surface area is 147 Å².